The molecule has 4 rings (SSSR count). The molecule has 0 saturated carbocycles. The lowest BCUT2D eigenvalue weighted by atomic mass is 10.0. The van der Waals surface area contributed by atoms with Crippen LogP contribution in [0, 0.1) is 6.92 Å². The van der Waals surface area contributed by atoms with Gasteiger partial charge in [0.2, 0.25) is 0 Å². The molecule has 4 nitrogen and oxygen atoms in total. The maximum Gasteiger partial charge on any atom is 0.0702 e. The zero-order valence-corrected chi connectivity index (χ0v) is 12.8. The molecule has 1 aliphatic heterocycles. The third-order valence-corrected chi connectivity index (χ3v) is 4.62. The number of aromatic amines is 1. The predicted octanol–water partition coefficient (Wildman–Crippen LogP) is 3.26. The number of hydrogen-bond donors (Lipinski definition) is 1. The molecule has 1 N–H and O–H groups in total. The molecule has 3 heterocycles. The van der Waals surface area contributed by atoms with Crippen molar-refractivity contribution in [3.63, 3.8) is 0 Å². The van der Waals surface area contributed by atoms with Gasteiger partial charge in [0, 0.05) is 36.3 Å². The zero-order valence-electron chi connectivity index (χ0n) is 12.8. The smallest absolute Gasteiger partial charge is 0.0702 e. The molecule has 0 radical (unpaired) electrons. The van der Waals surface area contributed by atoms with E-state index in [1.54, 1.807) is 0 Å². The first-order valence-corrected chi connectivity index (χ1v) is 7.85. The monoisotopic (exact) mass is 292 g/mol. The summed E-state index contributed by atoms with van der Waals surface area (Å²) in [6, 6.07) is 10.7. The Bertz CT molecular complexity index is 792. The van der Waals surface area contributed by atoms with Crippen molar-refractivity contribution in [2.45, 2.75) is 25.8 Å². The highest BCUT2D eigenvalue weighted by Crippen LogP contribution is 2.28. The molecule has 1 atom stereocenters. The first kappa shape index (κ1) is 13.5. The van der Waals surface area contributed by atoms with E-state index < -0.39 is 0 Å². The van der Waals surface area contributed by atoms with Crippen LogP contribution in [0.5, 0.6) is 0 Å². The predicted molar refractivity (Wildman–Crippen MR) is 87.7 cm³/mol. The number of fused-ring (bicyclic) bond motifs is 1. The largest absolute Gasteiger partial charge is 0.298 e. The Morgan fingerprint density at radius 1 is 1.32 bits per heavy atom. The average molecular weight is 292 g/mol. The van der Waals surface area contributed by atoms with Gasteiger partial charge in [-0.05, 0) is 49.2 Å². The minimum absolute atomic E-state index is 0.588. The Balaban J connectivity index is 1.48. The normalized spacial score (nSPS) is 19.0. The molecule has 0 bridgehead atoms. The van der Waals surface area contributed by atoms with E-state index in [4.69, 9.17) is 0 Å². The van der Waals surface area contributed by atoms with Crippen molar-refractivity contribution < 1.29 is 0 Å². The van der Waals surface area contributed by atoms with E-state index in [0.29, 0.717) is 5.92 Å². The molecule has 3 aromatic rings. The fourth-order valence-corrected chi connectivity index (χ4v) is 3.46. The van der Waals surface area contributed by atoms with Gasteiger partial charge in [-0.2, -0.15) is 5.10 Å². The third kappa shape index (κ3) is 2.50. The summed E-state index contributed by atoms with van der Waals surface area (Å²) in [6.45, 7) is 5.40. The van der Waals surface area contributed by atoms with Gasteiger partial charge in [0.1, 0.15) is 0 Å². The lowest BCUT2D eigenvalue weighted by Gasteiger charge is -2.16. The van der Waals surface area contributed by atoms with E-state index in [9.17, 15) is 0 Å². The molecule has 1 unspecified atom stereocenters. The van der Waals surface area contributed by atoms with Gasteiger partial charge < -0.3 is 0 Å². The SMILES string of the molecule is Cc1cn[nH]c1C1CCN(Cc2ccc3ncccc3c2)C1. The number of rotatable bonds is 3. The van der Waals surface area contributed by atoms with Gasteiger partial charge in [-0.3, -0.25) is 15.0 Å². The van der Waals surface area contributed by atoms with Crippen LogP contribution >= 0.6 is 0 Å². The second-order valence-corrected chi connectivity index (χ2v) is 6.22. The fourth-order valence-electron chi connectivity index (χ4n) is 3.46. The molecule has 1 aliphatic rings. The Hall–Kier alpha value is -2.20. The number of aryl methyl sites for hydroxylation is 1. The van der Waals surface area contributed by atoms with Crippen molar-refractivity contribution in [2.24, 2.45) is 0 Å². The van der Waals surface area contributed by atoms with E-state index in [1.807, 2.05) is 18.5 Å². The van der Waals surface area contributed by atoms with Crippen LogP contribution in [0.15, 0.2) is 42.7 Å². The van der Waals surface area contributed by atoms with Gasteiger partial charge in [-0.25, -0.2) is 0 Å². The summed E-state index contributed by atoms with van der Waals surface area (Å²) < 4.78 is 0. The van der Waals surface area contributed by atoms with Gasteiger partial charge in [0.25, 0.3) is 0 Å². The highest BCUT2D eigenvalue weighted by atomic mass is 15.2. The molecular weight excluding hydrogens is 272 g/mol. The summed E-state index contributed by atoms with van der Waals surface area (Å²) >= 11 is 0. The third-order valence-electron chi connectivity index (χ3n) is 4.62. The van der Waals surface area contributed by atoms with Gasteiger partial charge in [0.05, 0.1) is 11.7 Å². The number of aromatic nitrogens is 3. The van der Waals surface area contributed by atoms with Gasteiger partial charge in [-0.1, -0.05) is 12.1 Å². The number of hydrogen-bond acceptors (Lipinski definition) is 3. The maximum absolute atomic E-state index is 4.38. The van der Waals surface area contributed by atoms with Crippen LogP contribution in [-0.4, -0.2) is 33.2 Å². The minimum Gasteiger partial charge on any atom is -0.298 e. The molecular formula is C18H20N4. The lowest BCUT2D eigenvalue weighted by Crippen LogP contribution is -2.19. The molecule has 2 aromatic heterocycles. The van der Waals surface area contributed by atoms with E-state index in [-0.39, 0.29) is 0 Å². The zero-order chi connectivity index (χ0) is 14.9. The minimum atomic E-state index is 0.588. The number of nitrogens with zero attached hydrogens (tertiary/aromatic N) is 3. The highest BCUT2D eigenvalue weighted by molar-refractivity contribution is 5.78. The first-order valence-electron chi connectivity index (χ1n) is 7.85. The van der Waals surface area contributed by atoms with Crippen LogP contribution in [0.2, 0.25) is 0 Å². The Kier molecular flexibility index (Phi) is 3.39. The van der Waals surface area contributed by atoms with E-state index in [1.165, 1.54) is 28.6 Å². The number of H-pyrrole nitrogens is 1. The molecule has 112 valence electrons. The highest BCUT2D eigenvalue weighted by Gasteiger charge is 2.26. The van der Waals surface area contributed by atoms with Crippen molar-refractivity contribution >= 4 is 10.9 Å². The van der Waals surface area contributed by atoms with Crippen molar-refractivity contribution in [3.8, 4) is 0 Å². The molecule has 0 amide bonds. The summed E-state index contributed by atoms with van der Waals surface area (Å²) in [4.78, 5) is 6.92. The van der Waals surface area contributed by atoms with E-state index >= 15 is 0 Å². The van der Waals surface area contributed by atoms with Gasteiger partial charge in [0.15, 0.2) is 0 Å². The Morgan fingerprint density at radius 2 is 2.27 bits per heavy atom. The van der Waals surface area contributed by atoms with Crippen molar-refractivity contribution in [1.82, 2.24) is 20.1 Å². The van der Waals surface area contributed by atoms with E-state index in [2.05, 4.69) is 51.3 Å². The van der Waals surface area contributed by atoms with Gasteiger partial charge >= 0.3 is 0 Å². The van der Waals surface area contributed by atoms with E-state index in [0.717, 1.165) is 25.2 Å². The van der Waals surface area contributed by atoms with Crippen LogP contribution in [0.3, 0.4) is 0 Å². The quantitative estimate of drug-likeness (QED) is 0.806. The van der Waals surface area contributed by atoms with Crippen LogP contribution in [0.1, 0.15) is 29.2 Å². The van der Waals surface area contributed by atoms with Crippen molar-refractivity contribution in [3.05, 3.63) is 59.5 Å². The molecule has 1 aromatic carbocycles. The molecule has 0 spiro atoms. The molecule has 0 aliphatic carbocycles. The average Bonchev–Trinajstić information content (AvgIpc) is 3.16. The molecule has 1 saturated heterocycles. The van der Waals surface area contributed by atoms with Crippen LogP contribution in [-0.2, 0) is 6.54 Å². The second kappa shape index (κ2) is 5.54. The molecule has 1 fully saturated rings. The Morgan fingerprint density at radius 3 is 3.14 bits per heavy atom. The maximum atomic E-state index is 4.38. The van der Waals surface area contributed by atoms with Gasteiger partial charge in [-0.15, -0.1) is 0 Å². The summed E-state index contributed by atoms with van der Waals surface area (Å²) in [5, 5.41) is 8.55. The first-order chi connectivity index (χ1) is 10.8. The summed E-state index contributed by atoms with van der Waals surface area (Å²) in [5.74, 6) is 0.588. The topological polar surface area (TPSA) is 44.8 Å². The van der Waals surface area contributed by atoms with Crippen LogP contribution in [0.4, 0.5) is 0 Å². The van der Waals surface area contributed by atoms with Crippen molar-refractivity contribution in [2.75, 3.05) is 13.1 Å². The number of likely N-dealkylation sites (tertiary alicyclic amines) is 1. The number of nitrogens with one attached hydrogen (secondary N) is 1. The number of pyridine rings is 1. The molecule has 22 heavy (non-hydrogen) atoms. The number of benzene rings is 1. The molecule has 4 heteroatoms. The Labute approximate surface area is 130 Å². The van der Waals surface area contributed by atoms with Crippen LogP contribution < -0.4 is 0 Å². The summed E-state index contributed by atoms with van der Waals surface area (Å²) in [6.07, 6.45) is 4.98. The van der Waals surface area contributed by atoms with Crippen LogP contribution in [0.25, 0.3) is 10.9 Å². The fraction of sp³-hybridized carbons (Fsp3) is 0.333. The summed E-state index contributed by atoms with van der Waals surface area (Å²) in [5.41, 5.74) is 5.02. The summed E-state index contributed by atoms with van der Waals surface area (Å²) in [7, 11) is 0. The second-order valence-electron chi connectivity index (χ2n) is 6.22. The van der Waals surface area contributed by atoms with Crippen molar-refractivity contribution in [1.29, 1.82) is 0 Å². The lowest BCUT2D eigenvalue weighted by molar-refractivity contribution is 0.326. The standard InChI is InChI=1S/C18H20N4/c1-13-10-20-21-18(13)16-6-8-22(12-16)11-14-4-5-17-15(9-14)3-2-7-19-17/h2-5,7,9-10,16H,6,8,11-12H2,1H3,(H,20,21).